The van der Waals surface area contributed by atoms with E-state index < -0.39 is 10.1 Å². The zero-order valence-electron chi connectivity index (χ0n) is 21.0. The van der Waals surface area contributed by atoms with Crippen LogP contribution >= 0.6 is 0 Å². The van der Waals surface area contributed by atoms with Crippen molar-refractivity contribution in [2.45, 2.75) is 117 Å². The molecule has 0 radical (unpaired) electrons. The van der Waals surface area contributed by atoms with Gasteiger partial charge < -0.3 is 9.29 Å². The third-order valence-corrected chi connectivity index (χ3v) is 6.60. The summed E-state index contributed by atoms with van der Waals surface area (Å²) in [4.78, 5) is 0. The van der Waals surface area contributed by atoms with Crippen molar-refractivity contribution in [3.05, 3.63) is 29.3 Å². The van der Waals surface area contributed by atoms with Gasteiger partial charge in [0.05, 0.1) is 16.7 Å². The van der Waals surface area contributed by atoms with E-state index in [1.807, 2.05) is 0 Å². The molecular weight excluding hydrogens is 431 g/mol. The summed E-state index contributed by atoms with van der Waals surface area (Å²) in [6.07, 6.45) is 18.3. The summed E-state index contributed by atoms with van der Waals surface area (Å²) in [5.41, 5.74) is 2.55. The van der Waals surface area contributed by atoms with Crippen molar-refractivity contribution in [3.63, 3.8) is 0 Å². The van der Waals surface area contributed by atoms with Gasteiger partial charge in [0, 0.05) is 5.75 Å². The number of aryl methyl sites for hydroxylation is 2. The minimum atomic E-state index is -4.13. The molecule has 0 fully saturated rings. The fourth-order valence-corrected chi connectivity index (χ4v) is 4.52. The molecule has 180 valence electrons. The van der Waals surface area contributed by atoms with Gasteiger partial charge in [-0.15, -0.1) is 0 Å². The molecule has 0 spiro atoms. The molecule has 0 atom stereocenters. The van der Waals surface area contributed by atoms with E-state index in [-0.39, 0.29) is 35.3 Å². The second-order valence-electron chi connectivity index (χ2n) is 8.76. The molecule has 0 N–H and O–H groups in total. The van der Waals surface area contributed by atoms with E-state index >= 15 is 0 Å². The molecule has 0 bridgehead atoms. The molecule has 32 heavy (non-hydrogen) atoms. The number of hydrogen-bond donors (Lipinski definition) is 0. The molecule has 0 unspecified atom stereocenters. The van der Waals surface area contributed by atoms with Crippen molar-refractivity contribution in [1.29, 1.82) is 0 Å². The number of hydrogen-bond acceptors (Lipinski definition) is 4. The standard InChI is InChI=1S/C26H46O4S.Na/c1-3-5-7-9-11-13-18-24-20-17-21-25(19-14-12-10-8-6-4-2)26(24)30-22-15-16-23-31(27,28)29;/h17,20-21H,3-16,18-19,22-23H2,1-2H3,(H,27,28,29);/q;+1/p-1. The molecule has 1 aromatic rings. The van der Waals surface area contributed by atoms with Crippen molar-refractivity contribution < 1.29 is 47.3 Å². The van der Waals surface area contributed by atoms with Crippen LogP contribution in [-0.4, -0.2) is 25.3 Å². The molecule has 4 nitrogen and oxygen atoms in total. The molecule has 1 aromatic carbocycles. The summed E-state index contributed by atoms with van der Waals surface area (Å²) in [6.45, 7) is 4.95. The fourth-order valence-electron chi connectivity index (χ4n) is 3.96. The molecule has 0 heterocycles. The summed E-state index contributed by atoms with van der Waals surface area (Å²) in [6, 6.07) is 6.50. The quantitative estimate of drug-likeness (QED) is 0.161. The van der Waals surface area contributed by atoms with Gasteiger partial charge in [0.15, 0.2) is 0 Å². The van der Waals surface area contributed by atoms with Gasteiger partial charge in [-0.1, -0.05) is 96.3 Å². The molecule has 0 saturated heterocycles. The van der Waals surface area contributed by atoms with Crippen LogP contribution in [0.3, 0.4) is 0 Å². The number of benzene rings is 1. The zero-order valence-corrected chi connectivity index (χ0v) is 23.8. The van der Waals surface area contributed by atoms with Gasteiger partial charge in [-0.25, -0.2) is 8.42 Å². The summed E-state index contributed by atoms with van der Waals surface area (Å²) in [5, 5.41) is 0. The van der Waals surface area contributed by atoms with Crippen LogP contribution in [0, 0.1) is 0 Å². The Bertz CT molecular complexity index is 642. The molecule has 0 amide bonds. The molecule has 1 rings (SSSR count). The Kier molecular flexibility index (Phi) is 20.3. The van der Waals surface area contributed by atoms with Crippen molar-refractivity contribution >= 4 is 10.1 Å². The molecule has 0 saturated carbocycles. The second-order valence-corrected chi connectivity index (χ2v) is 10.3. The van der Waals surface area contributed by atoms with Gasteiger partial charge >= 0.3 is 29.6 Å². The van der Waals surface area contributed by atoms with Crippen molar-refractivity contribution in [1.82, 2.24) is 0 Å². The smallest absolute Gasteiger partial charge is 0.748 e. The van der Waals surface area contributed by atoms with E-state index in [0.29, 0.717) is 19.4 Å². The van der Waals surface area contributed by atoms with Crippen LogP contribution in [0.2, 0.25) is 0 Å². The maximum absolute atomic E-state index is 10.8. The first-order chi connectivity index (χ1) is 15.0. The SMILES string of the molecule is CCCCCCCCc1cccc(CCCCCCCC)c1OCCCCS(=O)(=O)[O-].[Na+]. The molecule has 0 aromatic heterocycles. The van der Waals surface area contributed by atoms with Crippen LogP contribution in [-0.2, 0) is 23.0 Å². The Hall–Kier alpha value is -0.0700. The van der Waals surface area contributed by atoms with Crippen LogP contribution < -0.4 is 34.3 Å². The summed E-state index contributed by atoms with van der Waals surface area (Å²) >= 11 is 0. The van der Waals surface area contributed by atoms with Crippen molar-refractivity contribution in [2.75, 3.05) is 12.4 Å². The van der Waals surface area contributed by atoms with Gasteiger partial charge in [-0.3, -0.25) is 0 Å². The molecule has 0 aliphatic carbocycles. The van der Waals surface area contributed by atoms with Crippen LogP contribution in [0.1, 0.15) is 115 Å². The second kappa shape index (κ2) is 20.3. The van der Waals surface area contributed by atoms with Crippen LogP contribution in [0.25, 0.3) is 0 Å². The van der Waals surface area contributed by atoms with E-state index in [1.54, 1.807) is 0 Å². The van der Waals surface area contributed by atoms with Gasteiger partial charge in [0.25, 0.3) is 0 Å². The van der Waals surface area contributed by atoms with E-state index in [2.05, 4.69) is 32.0 Å². The average Bonchev–Trinajstić information content (AvgIpc) is 2.73. The van der Waals surface area contributed by atoms with E-state index in [0.717, 1.165) is 18.6 Å². The van der Waals surface area contributed by atoms with Gasteiger partial charge in [-0.05, 0) is 49.7 Å². The Morgan fingerprint density at radius 1 is 0.719 bits per heavy atom. The van der Waals surface area contributed by atoms with E-state index in [1.165, 1.54) is 88.2 Å². The van der Waals surface area contributed by atoms with Crippen molar-refractivity contribution in [2.24, 2.45) is 0 Å². The predicted octanol–water partition coefficient (Wildman–Crippen LogP) is 4.20. The first kappa shape index (κ1) is 31.9. The molecule has 0 aliphatic heterocycles. The van der Waals surface area contributed by atoms with E-state index in [9.17, 15) is 13.0 Å². The summed E-state index contributed by atoms with van der Waals surface area (Å²) in [5.74, 6) is 0.704. The third kappa shape index (κ3) is 16.5. The number of para-hydroxylation sites is 1. The fraction of sp³-hybridized carbons (Fsp3) is 0.769. The molecule has 0 aliphatic rings. The number of ether oxygens (including phenoxy) is 1. The van der Waals surface area contributed by atoms with E-state index in [4.69, 9.17) is 4.74 Å². The number of unbranched alkanes of at least 4 members (excludes halogenated alkanes) is 11. The van der Waals surface area contributed by atoms with Crippen molar-refractivity contribution in [3.8, 4) is 5.75 Å². The monoisotopic (exact) mass is 476 g/mol. The summed E-state index contributed by atoms with van der Waals surface area (Å²) in [7, 11) is -4.13. The normalized spacial score (nSPS) is 11.3. The van der Waals surface area contributed by atoms with Crippen LogP contribution in [0.5, 0.6) is 5.75 Å². The first-order valence-electron chi connectivity index (χ1n) is 12.6. The van der Waals surface area contributed by atoms with Gasteiger partial charge in [0.2, 0.25) is 0 Å². The van der Waals surface area contributed by atoms with Crippen LogP contribution in [0.15, 0.2) is 18.2 Å². The van der Waals surface area contributed by atoms with Gasteiger partial charge in [-0.2, -0.15) is 0 Å². The van der Waals surface area contributed by atoms with Crippen LogP contribution in [0.4, 0.5) is 0 Å². The Labute approximate surface area is 220 Å². The molecule has 6 heteroatoms. The Balaban J connectivity index is 0.00000961. The zero-order chi connectivity index (χ0) is 22.8. The maximum atomic E-state index is 10.8. The largest absolute Gasteiger partial charge is 1.00 e. The Morgan fingerprint density at radius 3 is 1.66 bits per heavy atom. The maximum Gasteiger partial charge on any atom is 1.00 e. The number of rotatable bonds is 20. The minimum Gasteiger partial charge on any atom is -0.748 e. The third-order valence-electron chi connectivity index (χ3n) is 5.81. The predicted molar refractivity (Wildman–Crippen MR) is 130 cm³/mol. The Morgan fingerprint density at radius 2 is 1.19 bits per heavy atom. The first-order valence-corrected chi connectivity index (χ1v) is 14.2. The average molecular weight is 477 g/mol. The topological polar surface area (TPSA) is 66.4 Å². The van der Waals surface area contributed by atoms with Gasteiger partial charge in [0.1, 0.15) is 5.75 Å². The minimum absolute atomic E-state index is 0. The summed E-state index contributed by atoms with van der Waals surface area (Å²) < 4.78 is 38.6. The molecular formula is C26H45NaO4S.